The Morgan fingerprint density at radius 3 is 2.53 bits per heavy atom. The number of hydrogen-bond acceptors (Lipinski definition) is 4. The fourth-order valence-electron chi connectivity index (χ4n) is 5.40. The van der Waals surface area contributed by atoms with Crippen molar-refractivity contribution in [3.63, 3.8) is 0 Å². The molecule has 5 rings (SSSR count). The molecular weight excluding hydrogens is 425 g/mol. The van der Waals surface area contributed by atoms with Crippen molar-refractivity contribution in [3.8, 4) is 11.3 Å². The molecule has 0 saturated carbocycles. The summed E-state index contributed by atoms with van der Waals surface area (Å²) in [6.07, 6.45) is 2.36. The molecule has 6 heteroatoms. The number of piperazine rings is 1. The van der Waals surface area contributed by atoms with E-state index in [9.17, 15) is 4.39 Å². The van der Waals surface area contributed by atoms with Crippen LogP contribution in [0.2, 0.25) is 0 Å². The Hall–Kier alpha value is -2.41. The topological polar surface area (TPSA) is 37.5 Å². The Bertz CT molecular complexity index is 1080. The Labute approximate surface area is 202 Å². The van der Waals surface area contributed by atoms with Gasteiger partial charge in [-0.15, -0.1) is 0 Å². The monoisotopic (exact) mass is 463 g/mol. The molecule has 182 valence electrons. The molecule has 2 aliphatic heterocycles. The first-order valence-electron chi connectivity index (χ1n) is 12.9. The van der Waals surface area contributed by atoms with Crippen molar-refractivity contribution in [1.29, 1.82) is 0 Å². The van der Waals surface area contributed by atoms with E-state index in [-0.39, 0.29) is 5.82 Å². The lowest BCUT2D eigenvalue weighted by Gasteiger charge is -2.37. The van der Waals surface area contributed by atoms with E-state index in [2.05, 4.69) is 63.1 Å². The Balaban J connectivity index is 1.10. The van der Waals surface area contributed by atoms with Gasteiger partial charge < -0.3 is 15.2 Å². The van der Waals surface area contributed by atoms with E-state index >= 15 is 0 Å². The number of nitrogens with one attached hydrogen (secondary N) is 2. The number of hydrogen-bond donors (Lipinski definition) is 2. The molecule has 2 fully saturated rings. The minimum absolute atomic E-state index is 0.197. The Morgan fingerprint density at radius 1 is 0.971 bits per heavy atom. The smallest absolute Gasteiger partial charge is 0.123 e. The number of anilines is 1. The molecule has 1 aromatic heterocycles. The lowest BCUT2D eigenvalue weighted by Crippen LogP contribution is -2.51. The third kappa shape index (κ3) is 5.45. The van der Waals surface area contributed by atoms with E-state index in [0.717, 1.165) is 48.3 Å². The summed E-state index contributed by atoms with van der Waals surface area (Å²) in [7, 11) is 0. The predicted molar refractivity (Wildman–Crippen MR) is 140 cm³/mol. The van der Waals surface area contributed by atoms with Gasteiger partial charge in [0.05, 0.1) is 0 Å². The number of benzene rings is 2. The number of piperidine rings is 1. The molecule has 2 aromatic carbocycles. The van der Waals surface area contributed by atoms with Gasteiger partial charge in [0.15, 0.2) is 0 Å². The molecule has 2 N–H and O–H groups in total. The van der Waals surface area contributed by atoms with Crippen LogP contribution in [0.25, 0.3) is 22.2 Å². The summed E-state index contributed by atoms with van der Waals surface area (Å²) in [6.45, 7) is 13.8. The first-order chi connectivity index (χ1) is 16.5. The van der Waals surface area contributed by atoms with Crippen molar-refractivity contribution in [2.45, 2.75) is 38.8 Å². The Morgan fingerprint density at radius 2 is 1.76 bits per heavy atom. The van der Waals surface area contributed by atoms with Crippen LogP contribution in [-0.2, 0) is 0 Å². The van der Waals surface area contributed by atoms with Gasteiger partial charge in [-0.05, 0) is 68.7 Å². The Kier molecular flexibility index (Phi) is 7.18. The molecule has 0 bridgehead atoms. The normalized spacial score (nSPS) is 18.9. The zero-order chi connectivity index (χ0) is 23.5. The highest BCUT2D eigenvalue weighted by Gasteiger charge is 2.21. The lowest BCUT2D eigenvalue weighted by atomic mass is 10.0. The van der Waals surface area contributed by atoms with Gasteiger partial charge in [0.1, 0.15) is 5.82 Å². The summed E-state index contributed by atoms with van der Waals surface area (Å²) in [5.74, 6) is -0.197. The molecule has 2 aliphatic rings. The standard InChI is InChI=1S/C28H38FN5/c1-21(2)33-16-14-32(15-17-33)13-10-30-25-8-11-34(12-9-25)26-5-3-4-22(19-26)28-20-23-18-24(29)6-7-27(23)31-28/h3-7,18-21,25,30-31H,8-17H2,1-2H3. The zero-order valence-electron chi connectivity index (χ0n) is 20.6. The third-order valence-corrected chi connectivity index (χ3v) is 7.60. The quantitative estimate of drug-likeness (QED) is 0.539. The van der Waals surface area contributed by atoms with Crippen LogP contribution < -0.4 is 10.2 Å². The number of aromatic nitrogens is 1. The summed E-state index contributed by atoms with van der Waals surface area (Å²) in [6, 6.07) is 16.9. The molecular formula is C28H38FN5. The third-order valence-electron chi connectivity index (χ3n) is 7.60. The van der Waals surface area contributed by atoms with Crippen LogP contribution in [0.4, 0.5) is 10.1 Å². The van der Waals surface area contributed by atoms with Crippen molar-refractivity contribution in [1.82, 2.24) is 20.1 Å². The molecule has 2 saturated heterocycles. The minimum Gasteiger partial charge on any atom is -0.371 e. The van der Waals surface area contributed by atoms with Gasteiger partial charge in [-0.3, -0.25) is 9.80 Å². The van der Waals surface area contributed by atoms with Crippen LogP contribution in [0.3, 0.4) is 0 Å². The maximum atomic E-state index is 13.6. The number of halogens is 1. The predicted octanol–water partition coefficient (Wildman–Crippen LogP) is 4.56. The second-order valence-corrected chi connectivity index (χ2v) is 10.2. The van der Waals surface area contributed by atoms with Crippen molar-refractivity contribution in [2.75, 3.05) is 57.3 Å². The molecule has 5 nitrogen and oxygen atoms in total. The van der Waals surface area contributed by atoms with Crippen molar-refractivity contribution in [2.24, 2.45) is 0 Å². The number of nitrogens with zero attached hydrogens (tertiary/aromatic N) is 3. The van der Waals surface area contributed by atoms with E-state index in [0.29, 0.717) is 12.1 Å². The molecule has 3 heterocycles. The van der Waals surface area contributed by atoms with Gasteiger partial charge in [-0.2, -0.15) is 0 Å². The van der Waals surface area contributed by atoms with Crippen molar-refractivity contribution in [3.05, 3.63) is 54.3 Å². The first-order valence-corrected chi connectivity index (χ1v) is 12.9. The highest BCUT2D eigenvalue weighted by Crippen LogP contribution is 2.29. The van der Waals surface area contributed by atoms with E-state index < -0.39 is 0 Å². The molecule has 0 unspecified atom stereocenters. The maximum Gasteiger partial charge on any atom is 0.123 e. The second-order valence-electron chi connectivity index (χ2n) is 10.2. The van der Waals surface area contributed by atoms with Gasteiger partial charge in [0, 0.05) is 86.7 Å². The average Bonchev–Trinajstić information content (AvgIpc) is 3.28. The zero-order valence-corrected chi connectivity index (χ0v) is 20.6. The number of rotatable bonds is 7. The number of aromatic amines is 1. The first kappa shape index (κ1) is 23.3. The van der Waals surface area contributed by atoms with Crippen molar-refractivity contribution >= 4 is 16.6 Å². The molecule has 0 atom stereocenters. The molecule has 0 aliphatic carbocycles. The largest absolute Gasteiger partial charge is 0.371 e. The fourth-order valence-corrected chi connectivity index (χ4v) is 5.40. The van der Waals surface area contributed by atoms with Crippen LogP contribution in [0.5, 0.6) is 0 Å². The lowest BCUT2D eigenvalue weighted by molar-refractivity contribution is 0.108. The summed E-state index contributed by atoms with van der Waals surface area (Å²) < 4.78 is 13.6. The van der Waals surface area contributed by atoms with E-state index in [1.807, 2.05) is 6.07 Å². The molecule has 3 aromatic rings. The van der Waals surface area contributed by atoms with Gasteiger partial charge in [0.2, 0.25) is 0 Å². The van der Waals surface area contributed by atoms with Gasteiger partial charge in [-0.25, -0.2) is 4.39 Å². The van der Waals surface area contributed by atoms with Crippen LogP contribution in [-0.4, -0.2) is 79.2 Å². The van der Waals surface area contributed by atoms with Crippen LogP contribution in [0.1, 0.15) is 26.7 Å². The molecule has 0 spiro atoms. The number of H-pyrrole nitrogens is 1. The van der Waals surface area contributed by atoms with E-state index in [1.54, 1.807) is 12.1 Å². The van der Waals surface area contributed by atoms with E-state index in [1.165, 1.54) is 50.8 Å². The highest BCUT2D eigenvalue weighted by atomic mass is 19.1. The summed E-state index contributed by atoms with van der Waals surface area (Å²) in [5, 5.41) is 4.73. The summed E-state index contributed by atoms with van der Waals surface area (Å²) >= 11 is 0. The van der Waals surface area contributed by atoms with Crippen LogP contribution >= 0.6 is 0 Å². The van der Waals surface area contributed by atoms with Crippen LogP contribution in [0.15, 0.2) is 48.5 Å². The fraction of sp³-hybridized carbons (Fsp3) is 0.500. The van der Waals surface area contributed by atoms with Gasteiger partial charge in [0.25, 0.3) is 0 Å². The summed E-state index contributed by atoms with van der Waals surface area (Å²) in [4.78, 5) is 11.1. The highest BCUT2D eigenvalue weighted by molar-refractivity contribution is 5.86. The van der Waals surface area contributed by atoms with Crippen LogP contribution in [0, 0.1) is 5.82 Å². The maximum absolute atomic E-state index is 13.6. The summed E-state index contributed by atoms with van der Waals surface area (Å²) in [5.41, 5.74) is 4.42. The average molecular weight is 464 g/mol. The SMILES string of the molecule is CC(C)N1CCN(CCNC2CCN(c3cccc(-c4cc5cc(F)ccc5[nH]4)c3)CC2)CC1. The van der Waals surface area contributed by atoms with Gasteiger partial charge in [-0.1, -0.05) is 12.1 Å². The van der Waals surface area contributed by atoms with Crippen molar-refractivity contribution < 1.29 is 4.39 Å². The molecule has 34 heavy (non-hydrogen) atoms. The second kappa shape index (κ2) is 10.5. The number of fused-ring (bicyclic) bond motifs is 1. The minimum atomic E-state index is -0.197. The molecule has 0 radical (unpaired) electrons. The molecule has 0 amide bonds. The van der Waals surface area contributed by atoms with E-state index in [4.69, 9.17) is 0 Å². The van der Waals surface area contributed by atoms with Gasteiger partial charge >= 0.3 is 0 Å².